The SMILES string of the molecule is O=C(NCC1CCN(c2ccc(F)c(F)c2)C1)C1CCN(CC(F)(F)F)CC1. The van der Waals surface area contributed by atoms with Gasteiger partial charge in [-0.2, -0.15) is 13.2 Å². The van der Waals surface area contributed by atoms with E-state index in [2.05, 4.69) is 5.32 Å². The number of rotatable bonds is 5. The monoisotopic (exact) mass is 405 g/mol. The molecule has 1 atom stereocenters. The minimum atomic E-state index is -4.21. The lowest BCUT2D eigenvalue weighted by Gasteiger charge is -2.31. The summed E-state index contributed by atoms with van der Waals surface area (Å²) in [7, 11) is 0. The van der Waals surface area contributed by atoms with Crippen LogP contribution in [0.1, 0.15) is 19.3 Å². The van der Waals surface area contributed by atoms with Gasteiger partial charge in [0.05, 0.1) is 6.54 Å². The molecule has 2 aliphatic rings. The van der Waals surface area contributed by atoms with E-state index >= 15 is 0 Å². The lowest BCUT2D eigenvalue weighted by Crippen LogP contribution is -2.44. The van der Waals surface area contributed by atoms with Gasteiger partial charge in [-0.25, -0.2) is 8.78 Å². The van der Waals surface area contributed by atoms with Crippen LogP contribution in [-0.4, -0.2) is 56.3 Å². The van der Waals surface area contributed by atoms with Crippen molar-refractivity contribution in [2.45, 2.75) is 25.4 Å². The topological polar surface area (TPSA) is 35.6 Å². The van der Waals surface area contributed by atoms with Crippen molar-refractivity contribution in [1.29, 1.82) is 0 Å². The molecule has 3 rings (SSSR count). The van der Waals surface area contributed by atoms with Crippen LogP contribution in [0.3, 0.4) is 0 Å². The van der Waals surface area contributed by atoms with Crippen LogP contribution >= 0.6 is 0 Å². The van der Waals surface area contributed by atoms with Crippen LogP contribution < -0.4 is 10.2 Å². The molecule has 1 amide bonds. The van der Waals surface area contributed by atoms with E-state index in [0.717, 1.165) is 12.5 Å². The molecule has 2 aliphatic heterocycles. The molecule has 0 bridgehead atoms. The van der Waals surface area contributed by atoms with E-state index in [4.69, 9.17) is 0 Å². The smallest absolute Gasteiger partial charge is 0.371 e. The van der Waals surface area contributed by atoms with Gasteiger partial charge in [0.25, 0.3) is 0 Å². The highest BCUT2D eigenvalue weighted by Gasteiger charge is 2.34. The largest absolute Gasteiger partial charge is 0.401 e. The van der Waals surface area contributed by atoms with Gasteiger partial charge < -0.3 is 10.2 Å². The molecule has 9 heteroatoms. The average Bonchev–Trinajstić information content (AvgIpc) is 3.10. The van der Waals surface area contributed by atoms with Crippen LogP contribution in [0.25, 0.3) is 0 Å². The van der Waals surface area contributed by atoms with Crippen molar-refractivity contribution in [2.75, 3.05) is 44.2 Å². The average molecular weight is 405 g/mol. The lowest BCUT2D eigenvalue weighted by molar-refractivity contribution is -0.149. The number of nitrogens with one attached hydrogen (secondary N) is 1. The fourth-order valence-electron chi connectivity index (χ4n) is 3.91. The molecule has 1 aromatic rings. The maximum absolute atomic E-state index is 13.4. The molecule has 1 unspecified atom stereocenters. The van der Waals surface area contributed by atoms with Crippen LogP contribution in [0.4, 0.5) is 27.6 Å². The molecule has 2 saturated heterocycles. The maximum Gasteiger partial charge on any atom is 0.401 e. The summed E-state index contributed by atoms with van der Waals surface area (Å²) in [5.41, 5.74) is 0.616. The second-order valence-corrected chi connectivity index (χ2v) is 7.61. The van der Waals surface area contributed by atoms with Gasteiger partial charge in [0.15, 0.2) is 11.6 Å². The highest BCUT2D eigenvalue weighted by molar-refractivity contribution is 5.78. The molecule has 28 heavy (non-hydrogen) atoms. The van der Waals surface area contributed by atoms with Crippen LogP contribution in [0, 0.1) is 23.5 Å². The van der Waals surface area contributed by atoms with E-state index < -0.39 is 24.4 Å². The van der Waals surface area contributed by atoms with Crippen LogP contribution in [0.5, 0.6) is 0 Å². The number of anilines is 1. The summed E-state index contributed by atoms with van der Waals surface area (Å²) >= 11 is 0. The number of amides is 1. The summed E-state index contributed by atoms with van der Waals surface area (Å²) in [5.74, 6) is -1.94. The number of piperidine rings is 1. The van der Waals surface area contributed by atoms with Crippen molar-refractivity contribution in [3.05, 3.63) is 29.8 Å². The first kappa shape index (κ1) is 20.8. The summed E-state index contributed by atoms with van der Waals surface area (Å²) in [6.45, 7) is 1.41. The Morgan fingerprint density at radius 3 is 2.43 bits per heavy atom. The molecule has 0 saturated carbocycles. The zero-order valence-corrected chi connectivity index (χ0v) is 15.4. The van der Waals surface area contributed by atoms with Gasteiger partial charge in [-0.1, -0.05) is 0 Å². The zero-order chi connectivity index (χ0) is 20.3. The van der Waals surface area contributed by atoms with E-state index in [1.54, 1.807) is 0 Å². The van der Waals surface area contributed by atoms with E-state index in [9.17, 15) is 26.7 Å². The fraction of sp³-hybridized carbons (Fsp3) is 0.632. The lowest BCUT2D eigenvalue weighted by atomic mass is 9.95. The normalized spacial score (nSPS) is 21.9. The first-order valence-electron chi connectivity index (χ1n) is 9.48. The zero-order valence-electron chi connectivity index (χ0n) is 15.4. The number of hydrogen-bond donors (Lipinski definition) is 1. The number of carbonyl (C=O) groups is 1. The molecule has 2 fully saturated rings. The molecule has 156 valence electrons. The summed E-state index contributed by atoms with van der Waals surface area (Å²) in [6.07, 6.45) is -2.54. The van der Waals surface area contributed by atoms with Crippen molar-refractivity contribution in [3.8, 4) is 0 Å². The van der Waals surface area contributed by atoms with Crippen molar-refractivity contribution in [1.82, 2.24) is 10.2 Å². The first-order valence-corrected chi connectivity index (χ1v) is 9.48. The summed E-state index contributed by atoms with van der Waals surface area (Å²) in [5, 5.41) is 2.91. The number of benzene rings is 1. The van der Waals surface area contributed by atoms with Gasteiger partial charge in [0, 0.05) is 37.3 Å². The van der Waals surface area contributed by atoms with Crippen LogP contribution in [0.15, 0.2) is 18.2 Å². The van der Waals surface area contributed by atoms with Crippen molar-refractivity contribution in [3.63, 3.8) is 0 Å². The molecule has 0 spiro atoms. The van der Waals surface area contributed by atoms with Gasteiger partial charge in [0.1, 0.15) is 0 Å². The minimum Gasteiger partial charge on any atom is -0.371 e. The Balaban J connectivity index is 1.40. The number of hydrogen-bond acceptors (Lipinski definition) is 3. The van der Waals surface area contributed by atoms with Gasteiger partial charge in [-0.3, -0.25) is 9.69 Å². The molecule has 0 aromatic heterocycles. The first-order chi connectivity index (χ1) is 13.2. The van der Waals surface area contributed by atoms with E-state index in [1.807, 2.05) is 4.90 Å². The Bertz CT molecular complexity index is 689. The molecule has 0 radical (unpaired) electrons. The number of likely N-dealkylation sites (tertiary alicyclic amines) is 1. The van der Waals surface area contributed by atoms with E-state index in [0.29, 0.717) is 38.2 Å². The molecule has 1 N–H and O–H groups in total. The molecular weight excluding hydrogens is 381 g/mol. The highest BCUT2D eigenvalue weighted by Crippen LogP contribution is 2.26. The van der Waals surface area contributed by atoms with Crippen LogP contribution in [-0.2, 0) is 4.79 Å². The van der Waals surface area contributed by atoms with Crippen molar-refractivity contribution >= 4 is 11.6 Å². The van der Waals surface area contributed by atoms with Gasteiger partial charge >= 0.3 is 6.18 Å². The molecule has 0 aliphatic carbocycles. The highest BCUT2D eigenvalue weighted by atomic mass is 19.4. The summed E-state index contributed by atoms with van der Waals surface area (Å²) in [6, 6.07) is 3.81. The standard InChI is InChI=1S/C19H24F5N3O/c20-16-2-1-15(9-17(16)21)27-8-3-13(11-27)10-25-18(28)14-4-6-26(7-5-14)12-19(22,23)24/h1-2,9,13-14H,3-8,10-12H2,(H,25,28). The predicted octanol–water partition coefficient (Wildman–Crippen LogP) is 3.18. The summed E-state index contributed by atoms with van der Waals surface area (Å²) < 4.78 is 63.7. The number of nitrogens with zero attached hydrogens (tertiary/aromatic N) is 2. The number of halogens is 5. The Morgan fingerprint density at radius 2 is 1.79 bits per heavy atom. The Morgan fingerprint density at radius 1 is 1.07 bits per heavy atom. The minimum absolute atomic E-state index is 0.113. The number of carbonyl (C=O) groups excluding carboxylic acids is 1. The number of alkyl halides is 3. The van der Waals surface area contributed by atoms with Crippen molar-refractivity contribution < 1.29 is 26.7 Å². The van der Waals surface area contributed by atoms with Gasteiger partial charge in [0.2, 0.25) is 5.91 Å². The molecule has 4 nitrogen and oxygen atoms in total. The summed E-state index contributed by atoms with van der Waals surface area (Å²) in [4.78, 5) is 15.6. The quantitative estimate of drug-likeness (QED) is 0.765. The molecular formula is C19H24F5N3O. The maximum atomic E-state index is 13.4. The third kappa shape index (κ3) is 5.56. The molecule has 1 aromatic carbocycles. The third-order valence-electron chi connectivity index (χ3n) is 5.48. The third-order valence-corrected chi connectivity index (χ3v) is 5.48. The Hall–Kier alpha value is -1.90. The van der Waals surface area contributed by atoms with Crippen molar-refractivity contribution in [2.24, 2.45) is 11.8 Å². The fourth-order valence-corrected chi connectivity index (χ4v) is 3.91. The second kappa shape index (κ2) is 8.63. The Kier molecular flexibility index (Phi) is 6.42. The van der Waals surface area contributed by atoms with Gasteiger partial charge in [-0.15, -0.1) is 0 Å². The predicted molar refractivity (Wildman–Crippen MR) is 94.9 cm³/mol. The molecule has 2 heterocycles. The van der Waals surface area contributed by atoms with Crippen LogP contribution in [0.2, 0.25) is 0 Å². The van der Waals surface area contributed by atoms with Gasteiger partial charge in [-0.05, 0) is 50.4 Å². The van der Waals surface area contributed by atoms with E-state index in [-0.39, 0.29) is 30.8 Å². The Labute approximate surface area is 160 Å². The van der Waals surface area contributed by atoms with E-state index in [1.165, 1.54) is 17.0 Å². The second-order valence-electron chi connectivity index (χ2n) is 7.61.